The van der Waals surface area contributed by atoms with E-state index in [9.17, 15) is 9.59 Å². The van der Waals surface area contributed by atoms with Gasteiger partial charge in [0.25, 0.3) is 0 Å². The number of rotatable bonds is 3. The second-order valence-corrected chi connectivity index (χ2v) is 2.52. The number of carbonyl (C=O) groups excluding carboxylic acids is 1. The quantitative estimate of drug-likeness (QED) is 0.671. The molecular formula is C7H12N4O2. The molecule has 0 atom stereocenters. The van der Waals surface area contributed by atoms with Crippen LogP contribution in [0.25, 0.3) is 0 Å². The molecule has 0 spiro atoms. The fraction of sp³-hybridized carbons (Fsp3) is 0.571. The molecule has 0 aromatic carbocycles. The minimum atomic E-state index is -0.418. The first-order chi connectivity index (χ1) is 6.19. The summed E-state index contributed by atoms with van der Waals surface area (Å²) in [5, 5.41) is 5.99. The van der Waals surface area contributed by atoms with Crippen LogP contribution in [0, 0.1) is 0 Å². The summed E-state index contributed by atoms with van der Waals surface area (Å²) < 4.78 is 1.13. The molecule has 0 aliphatic heterocycles. The van der Waals surface area contributed by atoms with Crippen molar-refractivity contribution in [3.63, 3.8) is 0 Å². The van der Waals surface area contributed by atoms with Crippen molar-refractivity contribution in [1.82, 2.24) is 14.9 Å². The molecule has 1 aromatic heterocycles. The molecular weight excluding hydrogens is 172 g/mol. The van der Waals surface area contributed by atoms with Crippen LogP contribution in [0.15, 0.2) is 4.79 Å². The molecule has 0 saturated heterocycles. The first kappa shape index (κ1) is 9.50. The Morgan fingerprint density at radius 1 is 1.62 bits per heavy atom. The summed E-state index contributed by atoms with van der Waals surface area (Å²) in [4.78, 5) is 22.1. The van der Waals surface area contributed by atoms with Gasteiger partial charge < -0.3 is 0 Å². The molecule has 6 heteroatoms. The predicted octanol–water partition coefficient (Wildman–Crippen LogP) is -0.386. The number of amides is 1. The molecule has 0 bridgehead atoms. The van der Waals surface area contributed by atoms with Crippen LogP contribution in [0.1, 0.15) is 26.1 Å². The number of aryl methyl sites for hydroxylation is 1. The highest BCUT2D eigenvalue weighted by atomic mass is 16.2. The van der Waals surface area contributed by atoms with Crippen molar-refractivity contribution in [2.45, 2.75) is 26.7 Å². The van der Waals surface area contributed by atoms with E-state index in [-0.39, 0.29) is 5.91 Å². The van der Waals surface area contributed by atoms with Crippen LogP contribution in [0.5, 0.6) is 0 Å². The van der Waals surface area contributed by atoms with Crippen LogP contribution < -0.4 is 11.1 Å². The normalized spacial score (nSPS) is 10.0. The van der Waals surface area contributed by atoms with Gasteiger partial charge in [-0.05, 0) is 0 Å². The van der Waals surface area contributed by atoms with Crippen molar-refractivity contribution in [2.75, 3.05) is 5.43 Å². The summed E-state index contributed by atoms with van der Waals surface area (Å²) in [6.07, 6.45) is 0.920. The lowest BCUT2D eigenvalue weighted by Crippen LogP contribution is -2.32. The molecule has 2 N–H and O–H groups in total. The van der Waals surface area contributed by atoms with Gasteiger partial charge in [0.05, 0.1) is 0 Å². The van der Waals surface area contributed by atoms with E-state index in [1.807, 2.05) is 6.92 Å². The average molecular weight is 184 g/mol. The molecule has 1 aromatic rings. The molecule has 0 fully saturated rings. The third kappa shape index (κ3) is 1.95. The Bertz CT molecular complexity index is 352. The Balaban J connectivity index is 2.92. The molecule has 6 nitrogen and oxygen atoms in total. The Hall–Kier alpha value is -1.59. The van der Waals surface area contributed by atoms with Crippen LogP contribution in [-0.2, 0) is 11.2 Å². The standard InChI is InChI=1S/C7H12N4O2/c1-3-5-8-9-7(13)11(5)10-6(12)4-2/h3-4H2,1-2H3,(H,9,13)(H,10,12). The maximum Gasteiger partial charge on any atom is 0.362 e. The number of hydrogen-bond acceptors (Lipinski definition) is 3. The van der Waals surface area contributed by atoms with Crippen molar-refractivity contribution in [2.24, 2.45) is 0 Å². The predicted molar refractivity (Wildman–Crippen MR) is 46.9 cm³/mol. The van der Waals surface area contributed by atoms with Crippen LogP contribution in [0.3, 0.4) is 0 Å². The molecule has 0 unspecified atom stereocenters. The molecule has 0 aliphatic carbocycles. The third-order valence-electron chi connectivity index (χ3n) is 1.62. The van der Waals surface area contributed by atoms with E-state index in [1.165, 1.54) is 0 Å². The summed E-state index contributed by atoms with van der Waals surface area (Å²) in [6.45, 7) is 3.57. The molecule has 72 valence electrons. The maximum atomic E-state index is 11.1. The zero-order chi connectivity index (χ0) is 9.84. The van der Waals surface area contributed by atoms with Gasteiger partial charge in [0.1, 0.15) is 0 Å². The number of H-pyrrole nitrogens is 1. The molecule has 0 radical (unpaired) electrons. The fourth-order valence-corrected chi connectivity index (χ4v) is 0.886. The van der Waals surface area contributed by atoms with Gasteiger partial charge in [-0.15, -0.1) is 0 Å². The smallest absolute Gasteiger partial charge is 0.273 e. The van der Waals surface area contributed by atoms with Gasteiger partial charge in [0.2, 0.25) is 5.91 Å². The molecule has 1 amide bonds. The monoisotopic (exact) mass is 184 g/mol. The summed E-state index contributed by atoms with van der Waals surface area (Å²) >= 11 is 0. The van der Waals surface area contributed by atoms with E-state index < -0.39 is 5.69 Å². The number of aromatic nitrogens is 3. The van der Waals surface area contributed by atoms with Gasteiger partial charge >= 0.3 is 5.69 Å². The molecule has 0 saturated carbocycles. The highest BCUT2D eigenvalue weighted by molar-refractivity contribution is 5.83. The highest BCUT2D eigenvalue weighted by Gasteiger charge is 2.07. The second-order valence-electron chi connectivity index (χ2n) is 2.52. The van der Waals surface area contributed by atoms with Crippen molar-refractivity contribution in [3.8, 4) is 0 Å². The number of aromatic amines is 1. The zero-order valence-corrected chi connectivity index (χ0v) is 7.63. The lowest BCUT2D eigenvalue weighted by Gasteiger charge is -2.03. The fourth-order valence-electron chi connectivity index (χ4n) is 0.886. The summed E-state index contributed by atoms with van der Waals surface area (Å²) in [5.74, 6) is 0.310. The van der Waals surface area contributed by atoms with Crippen LogP contribution in [0.2, 0.25) is 0 Å². The van der Waals surface area contributed by atoms with E-state index in [4.69, 9.17) is 0 Å². The van der Waals surface area contributed by atoms with Gasteiger partial charge in [-0.2, -0.15) is 9.77 Å². The highest BCUT2D eigenvalue weighted by Crippen LogP contribution is 1.88. The zero-order valence-electron chi connectivity index (χ0n) is 7.63. The lowest BCUT2D eigenvalue weighted by molar-refractivity contribution is -0.116. The second kappa shape index (κ2) is 3.88. The first-order valence-corrected chi connectivity index (χ1v) is 4.15. The van der Waals surface area contributed by atoms with Gasteiger partial charge in [0, 0.05) is 12.8 Å². The number of nitrogens with one attached hydrogen (secondary N) is 2. The van der Waals surface area contributed by atoms with Crippen molar-refractivity contribution < 1.29 is 4.79 Å². The number of nitrogens with zero attached hydrogens (tertiary/aromatic N) is 2. The Morgan fingerprint density at radius 3 is 2.85 bits per heavy atom. The average Bonchev–Trinajstić information content (AvgIpc) is 2.48. The summed E-state index contributed by atoms with van der Waals surface area (Å²) in [7, 11) is 0. The summed E-state index contributed by atoms with van der Waals surface area (Å²) in [5.41, 5.74) is 2.01. The lowest BCUT2D eigenvalue weighted by atomic mass is 10.4. The van der Waals surface area contributed by atoms with Crippen molar-refractivity contribution >= 4 is 5.91 Å². The molecule has 13 heavy (non-hydrogen) atoms. The third-order valence-corrected chi connectivity index (χ3v) is 1.62. The molecule has 1 rings (SSSR count). The largest absolute Gasteiger partial charge is 0.362 e. The Labute approximate surface area is 74.9 Å². The molecule has 0 aliphatic rings. The Morgan fingerprint density at radius 2 is 2.31 bits per heavy atom. The number of carbonyl (C=O) groups is 1. The maximum absolute atomic E-state index is 11.1. The van der Waals surface area contributed by atoms with E-state index >= 15 is 0 Å². The van der Waals surface area contributed by atoms with E-state index in [2.05, 4.69) is 15.6 Å². The SMILES string of the molecule is CCC(=O)Nn1c(CC)n[nH]c1=O. The van der Waals surface area contributed by atoms with E-state index in [1.54, 1.807) is 6.92 Å². The van der Waals surface area contributed by atoms with Crippen molar-refractivity contribution in [3.05, 3.63) is 16.3 Å². The molecule has 1 heterocycles. The number of hydrogen-bond donors (Lipinski definition) is 2. The van der Waals surface area contributed by atoms with E-state index in [0.717, 1.165) is 4.68 Å². The van der Waals surface area contributed by atoms with Gasteiger partial charge in [-0.1, -0.05) is 13.8 Å². The topological polar surface area (TPSA) is 79.8 Å². The first-order valence-electron chi connectivity index (χ1n) is 4.15. The van der Waals surface area contributed by atoms with Gasteiger partial charge in [0.15, 0.2) is 5.82 Å². The minimum absolute atomic E-state index is 0.210. The van der Waals surface area contributed by atoms with Crippen molar-refractivity contribution in [1.29, 1.82) is 0 Å². The van der Waals surface area contributed by atoms with Gasteiger partial charge in [-0.3, -0.25) is 10.2 Å². The van der Waals surface area contributed by atoms with Crippen LogP contribution in [0.4, 0.5) is 0 Å². The minimum Gasteiger partial charge on any atom is -0.273 e. The Kier molecular flexibility index (Phi) is 2.84. The van der Waals surface area contributed by atoms with Crippen LogP contribution in [-0.4, -0.2) is 20.8 Å². The van der Waals surface area contributed by atoms with E-state index in [0.29, 0.717) is 18.7 Å². The van der Waals surface area contributed by atoms with Crippen LogP contribution >= 0.6 is 0 Å². The van der Waals surface area contributed by atoms with Gasteiger partial charge in [-0.25, -0.2) is 9.89 Å². The summed E-state index contributed by atoms with van der Waals surface area (Å²) in [6, 6.07) is 0.